The van der Waals surface area contributed by atoms with Gasteiger partial charge in [-0.3, -0.25) is 34.1 Å². The van der Waals surface area contributed by atoms with Gasteiger partial charge < -0.3 is 33.7 Å². The van der Waals surface area contributed by atoms with Gasteiger partial charge in [-0.15, -0.1) is 0 Å². The first kappa shape index (κ1) is 47.0. The molecule has 2 aliphatic rings. The van der Waals surface area contributed by atoms with Gasteiger partial charge in [0.05, 0.1) is 32.6 Å². The summed E-state index contributed by atoms with van der Waals surface area (Å²) in [4.78, 5) is 80.4. The third kappa shape index (κ3) is 12.8. The number of aliphatic hydroxyl groups is 1. The molecule has 0 bridgehead atoms. The van der Waals surface area contributed by atoms with E-state index in [-0.39, 0.29) is 24.5 Å². The largest absolute Gasteiger partial charge is 0.462 e. The molecule has 1 aromatic rings. The van der Waals surface area contributed by atoms with Gasteiger partial charge in [-0.1, -0.05) is 31.4 Å². The van der Waals surface area contributed by atoms with Gasteiger partial charge in [0.1, 0.15) is 12.7 Å². The van der Waals surface area contributed by atoms with Gasteiger partial charge in [0.25, 0.3) is 5.69 Å². The number of nitrogens with zero attached hydrogens (tertiary/aromatic N) is 2. The standard InChI is InChI=1S/C42H62N2O13/c1-39(2,3)35(47)55-31-30(25-53-38(50)42(10,11)21-14-12-13-15-23-45)54-34(33(57-37(49)41(7,8)9)32(31)56-36(48)40(4,5)6)43-22-20-28(46)24-29(43)26-16-18-27(19-17-26)44(51)52/h16-20,22,29-34,45H,12-15,21,23-25H2,1-11H3/t29-,30+,31-,32-,33+,34+/m0/s1. The molecule has 0 unspecified atom stereocenters. The lowest BCUT2D eigenvalue weighted by atomic mass is 9.87. The molecule has 1 fully saturated rings. The van der Waals surface area contributed by atoms with E-state index in [0.717, 1.165) is 12.8 Å². The van der Waals surface area contributed by atoms with Crippen molar-refractivity contribution >= 4 is 35.3 Å². The second-order valence-electron chi connectivity index (χ2n) is 18.6. The van der Waals surface area contributed by atoms with Crippen molar-refractivity contribution in [1.29, 1.82) is 0 Å². The monoisotopic (exact) mass is 802 g/mol. The molecule has 0 aromatic heterocycles. The molecule has 3 rings (SSSR count). The molecule has 0 radical (unpaired) electrons. The number of carbonyl (C=O) groups excluding carboxylic acids is 5. The van der Waals surface area contributed by atoms with Crippen LogP contribution in [-0.2, 0) is 47.7 Å². The third-order valence-corrected chi connectivity index (χ3v) is 9.79. The normalized spacial score (nSPS) is 23.1. The number of non-ortho nitro benzene ring substituents is 1. The van der Waals surface area contributed by atoms with E-state index in [1.54, 1.807) is 81.1 Å². The van der Waals surface area contributed by atoms with Crippen LogP contribution in [0, 0.1) is 31.8 Å². The Morgan fingerprint density at radius 3 is 1.79 bits per heavy atom. The van der Waals surface area contributed by atoms with Crippen LogP contribution >= 0.6 is 0 Å². The molecule has 2 heterocycles. The number of nitro benzene ring substituents is 1. The highest BCUT2D eigenvalue weighted by atomic mass is 16.7. The molecule has 0 aliphatic carbocycles. The number of esters is 4. The second-order valence-corrected chi connectivity index (χ2v) is 18.6. The zero-order valence-electron chi connectivity index (χ0n) is 35.3. The van der Waals surface area contributed by atoms with Crippen LogP contribution in [0.3, 0.4) is 0 Å². The first-order valence-corrected chi connectivity index (χ1v) is 19.6. The van der Waals surface area contributed by atoms with Gasteiger partial charge in [-0.05, 0) is 101 Å². The molecule has 2 aliphatic heterocycles. The highest BCUT2D eigenvalue weighted by Gasteiger charge is 2.57. The highest BCUT2D eigenvalue weighted by Crippen LogP contribution is 2.40. The Bertz CT molecular complexity index is 1630. The lowest BCUT2D eigenvalue weighted by Gasteiger charge is -2.50. The van der Waals surface area contributed by atoms with Gasteiger partial charge in [0, 0.05) is 31.4 Å². The van der Waals surface area contributed by atoms with Crippen molar-refractivity contribution in [2.75, 3.05) is 13.2 Å². The number of hydrogen-bond acceptors (Lipinski definition) is 14. The fourth-order valence-electron chi connectivity index (χ4n) is 6.07. The number of allylic oxidation sites excluding steroid dienone is 1. The van der Waals surface area contributed by atoms with Gasteiger partial charge >= 0.3 is 23.9 Å². The number of ketones is 1. The molecule has 0 spiro atoms. The summed E-state index contributed by atoms with van der Waals surface area (Å²) in [5.41, 5.74) is -3.79. The van der Waals surface area contributed by atoms with Crippen molar-refractivity contribution in [3.05, 3.63) is 52.2 Å². The Labute approximate surface area is 335 Å². The van der Waals surface area contributed by atoms with Crippen molar-refractivity contribution in [3.63, 3.8) is 0 Å². The molecular weight excluding hydrogens is 740 g/mol. The lowest BCUT2D eigenvalue weighted by Crippen LogP contribution is -2.67. The van der Waals surface area contributed by atoms with Crippen LogP contribution in [0.25, 0.3) is 0 Å². The van der Waals surface area contributed by atoms with Crippen molar-refractivity contribution in [1.82, 2.24) is 4.90 Å². The van der Waals surface area contributed by atoms with E-state index < -0.39 is 93.8 Å². The van der Waals surface area contributed by atoms with Crippen LogP contribution in [0.5, 0.6) is 0 Å². The summed E-state index contributed by atoms with van der Waals surface area (Å²) in [7, 11) is 0. The van der Waals surface area contributed by atoms with Crippen molar-refractivity contribution < 1.29 is 57.7 Å². The maximum atomic E-state index is 13.8. The maximum absolute atomic E-state index is 13.8. The van der Waals surface area contributed by atoms with Crippen LogP contribution in [-0.4, -0.2) is 88.4 Å². The summed E-state index contributed by atoms with van der Waals surface area (Å²) in [5.74, 6) is -2.92. The molecule has 1 saturated heterocycles. The summed E-state index contributed by atoms with van der Waals surface area (Å²) in [6, 6.07) is 4.82. The number of unbranched alkanes of at least 4 members (excludes halogenated alkanes) is 3. The van der Waals surface area contributed by atoms with E-state index in [4.69, 9.17) is 28.8 Å². The summed E-state index contributed by atoms with van der Waals surface area (Å²) >= 11 is 0. The molecule has 6 atom stereocenters. The highest BCUT2D eigenvalue weighted by molar-refractivity contribution is 5.91. The van der Waals surface area contributed by atoms with Crippen LogP contribution in [0.4, 0.5) is 5.69 Å². The zero-order chi connectivity index (χ0) is 43.1. The number of hydrogen-bond donors (Lipinski definition) is 1. The molecule has 0 saturated carbocycles. The summed E-state index contributed by atoms with van der Waals surface area (Å²) < 4.78 is 31.2. The average molecular weight is 803 g/mol. The van der Waals surface area contributed by atoms with Crippen LogP contribution in [0.15, 0.2) is 36.5 Å². The number of carbonyl (C=O) groups is 5. The zero-order valence-corrected chi connectivity index (χ0v) is 35.3. The van der Waals surface area contributed by atoms with Crippen LogP contribution < -0.4 is 0 Å². The molecule has 318 valence electrons. The third-order valence-electron chi connectivity index (χ3n) is 9.79. The van der Waals surface area contributed by atoms with Crippen molar-refractivity contribution in [3.8, 4) is 0 Å². The topological polar surface area (TPSA) is 198 Å². The minimum atomic E-state index is -1.51. The summed E-state index contributed by atoms with van der Waals surface area (Å²) in [6.45, 7) is 17.8. The van der Waals surface area contributed by atoms with E-state index in [9.17, 15) is 34.1 Å². The van der Waals surface area contributed by atoms with Gasteiger partial charge in [-0.2, -0.15) is 0 Å². The Kier molecular flexibility index (Phi) is 15.6. The molecule has 0 amide bonds. The second kappa shape index (κ2) is 18.9. The van der Waals surface area contributed by atoms with Crippen LogP contribution in [0.2, 0.25) is 0 Å². The number of rotatable bonds is 15. The van der Waals surface area contributed by atoms with Gasteiger partial charge in [0.2, 0.25) is 0 Å². The minimum absolute atomic E-state index is 0.0925. The molecule has 15 heteroatoms. The number of nitro groups is 1. The smallest absolute Gasteiger partial charge is 0.311 e. The SMILES string of the molecule is CC(C)(C)C(=O)O[C@@H]1[C@@H](OC(=O)C(C)(C)C)[C@H](N2C=CC(=O)C[C@H]2c2ccc([N+](=O)[O-])cc2)O[C@H](COC(=O)C(C)(C)CCCCCCO)[C@@H]1OC(=O)C(C)(C)C. The Morgan fingerprint density at radius 1 is 0.772 bits per heavy atom. The average Bonchev–Trinajstić information content (AvgIpc) is 3.10. The number of ether oxygens (including phenoxy) is 5. The van der Waals surface area contributed by atoms with E-state index in [2.05, 4.69) is 0 Å². The van der Waals surface area contributed by atoms with E-state index in [1.807, 2.05) is 0 Å². The summed E-state index contributed by atoms with van der Waals surface area (Å²) in [6.07, 6.45) is -0.933. The molecule has 57 heavy (non-hydrogen) atoms. The Balaban J connectivity index is 2.22. The van der Waals surface area contributed by atoms with E-state index in [0.29, 0.717) is 24.8 Å². The Morgan fingerprint density at radius 2 is 1.28 bits per heavy atom. The molecular formula is C42H62N2O13. The van der Waals surface area contributed by atoms with E-state index in [1.165, 1.54) is 36.5 Å². The molecule has 15 nitrogen and oxygen atoms in total. The quantitative estimate of drug-likeness (QED) is 0.0660. The number of benzene rings is 1. The lowest BCUT2D eigenvalue weighted by molar-refractivity contribution is -0.384. The van der Waals surface area contributed by atoms with Crippen molar-refractivity contribution in [2.24, 2.45) is 21.7 Å². The maximum Gasteiger partial charge on any atom is 0.311 e. The fraction of sp³-hybridized carbons (Fsp3) is 0.690. The predicted octanol–water partition coefficient (Wildman–Crippen LogP) is 6.54. The van der Waals surface area contributed by atoms with Crippen molar-refractivity contribution in [2.45, 2.75) is 151 Å². The fourth-order valence-corrected chi connectivity index (χ4v) is 6.07. The minimum Gasteiger partial charge on any atom is -0.462 e. The molecule has 1 N–H and O–H groups in total. The first-order chi connectivity index (χ1) is 26.3. The summed E-state index contributed by atoms with van der Waals surface area (Å²) in [5, 5.41) is 20.6. The predicted molar refractivity (Wildman–Crippen MR) is 208 cm³/mol. The Hall–Kier alpha value is -4.37. The molecule has 1 aromatic carbocycles. The van der Waals surface area contributed by atoms with E-state index >= 15 is 0 Å². The van der Waals surface area contributed by atoms with Crippen LogP contribution in [0.1, 0.15) is 126 Å². The van der Waals surface area contributed by atoms with Gasteiger partial charge in [-0.25, -0.2) is 0 Å². The van der Waals surface area contributed by atoms with Gasteiger partial charge in [0.15, 0.2) is 30.3 Å². The number of aliphatic hydroxyl groups excluding tert-OH is 1. The first-order valence-electron chi connectivity index (χ1n) is 19.6.